The van der Waals surface area contributed by atoms with Crippen LogP contribution in [0.2, 0.25) is 0 Å². The number of nitrogens with one attached hydrogen (secondary N) is 2. The quantitative estimate of drug-likeness (QED) is 0.217. The highest BCUT2D eigenvalue weighted by Crippen LogP contribution is 2.44. The van der Waals surface area contributed by atoms with Gasteiger partial charge in [0.2, 0.25) is 7.98 Å². The molecule has 0 fully saturated rings. The summed E-state index contributed by atoms with van der Waals surface area (Å²) in [6.45, 7) is 14.3. The van der Waals surface area contributed by atoms with E-state index in [2.05, 4.69) is 43.4 Å². The van der Waals surface area contributed by atoms with Crippen LogP contribution >= 0.6 is 0 Å². The summed E-state index contributed by atoms with van der Waals surface area (Å²) in [7, 11) is 2.88. The molecule has 6 rings (SSSR count). The fraction of sp³-hybridized carbons (Fsp3) is 0.324. The first-order valence-corrected chi connectivity index (χ1v) is 15.0. The molecule has 9 nitrogen and oxygen atoms in total. The van der Waals surface area contributed by atoms with Crippen molar-refractivity contribution in [3.8, 4) is 0 Å². The van der Waals surface area contributed by atoms with Gasteiger partial charge in [0.25, 0.3) is 11.8 Å². The second-order valence-electron chi connectivity index (χ2n) is 11.9. The summed E-state index contributed by atoms with van der Waals surface area (Å²) in [5.41, 5.74) is 11.7. The predicted molar refractivity (Wildman–Crippen MR) is 175 cm³/mol. The summed E-state index contributed by atoms with van der Waals surface area (Å²) >= 11 is 0. The van der Waals surface area contributed by atoms with Crippen molar-refractivity contribution in [2.24, 2.45) is 0 Å². The number of aromatic amines is 2. The number of methoxy groups -OCH3 is 1. The van der Waals surface area contributed by atoms with Gasteiger partial charge in [0.15, 0.2) is 0 Å². The molecule has 0 unspecified atom stereocenters. The Morgan fingerprint density at radius 3 is 2.39 bits per heavy atom. The number of carbonyl (C=O) groups is 3. The number of rotatable bonds is 5. The Kier molecular flexibility index (Phi) is 7.18. The van der Waals surface area contributed by atoms with Gasteiger partial charge in [0.1, 0.15) is 0 Å². The van der Waals surface area contributed by atoms with E-state index in [4.69, 9.17) is 14.7 Å². The van der Waals surface area contributed by atoms with Crippen LogP contribution in [-0.4, -0.2) is 57.6 Å². The van der Waals surface area contributed by atoms with Crippen molar-refractivity contribution in [1.82, 2.24) is 24.7 Å². The van der Waals surface area contributed by atoms with Gasteiger partial charge in [-0.1, -0.05) is 26.5 Å². The topological polar surface area (TPSA) is 121 Å². The zero-order valence-corrected chi connectivity index (χ0v) is 26.3. The fourth-order valence-corrected chi connectivity index (χ4v) is 6.85. The molecule has 3 aromatic heterocycles. The molecule has 3 aliphatic rings. The number of allylic oxidation sites excluding steroid dienone is 2. The number of ether oxygens (including phenoxy) is 1. The van der Waals surface area contributed by atoms with Gasteiger partial charge in [-0.05, 0) is 74.1 Å². The lowest BCUT2D eigenvalue weighted by Crippen LogP contribution is -2.38. The second kappa shape index (κ2) is 10.8. The molecule has 44 heavy (non-hydrogen) atoms. The zero-order valence-electron chi connectivity index (χ0n) is 26.3. The van der Waals surface area contributed by atoms with Gasteiger partial charge in [-0.25, -0.2) is 4.98 Å². The van der Waals surface area contributed by atoms with Crippen LogP contribution in [0.1, 0.15) is 112 Å². The molecule has 3 aromatic rings. The Labute approximate surface area is 256 Å². The molecule has 8 bridgehead atoms. The molecule has 0 spiro atoms. The number of imide groups is 1. The first kappa shape index (κ1) is 29.4. The number of esters is 1. The van der Waals surface area contributed by atoms with Gasteiger partial charge >= 0.3 is 5.97 Å². The molecule has 6 heterocycles. The second-order valence-corrected chi connectivity index (χ2v) is 11.9. The normalized spacial score (nSPS) is 17.8. The number of fused-ring (bicyclic) bond motifs is 8. The zero-order chi connectivity index (χ0) is 31.6. The van der Waals surface area contributed by atoms with Crippen LogP contribution in [0.5, 0.6) is 0 Å². The van der Waals surface area contributed by atoms with E-state index in [-0.39, 0.29) is 30.1 Å². The van der Waals surface area contributed by atoms with Crippen molar-refractivity contribution in [2.45, 2.75) is 65.7 Å². The van der Waals surface area contributed by atoms with E-state index in [9.17, 15) is 14.4 Å². The third-order valence-corrected chi connectivity index (χ3v) is 9.56. The number of hydrogen-bond acceptors (Lipinski definition) is 6. The molecular formula is C34H36BN5O4. The molecule has 10 heteroatoms. The summed E-state index contributed by atoms with van der Waals surface area (Å²) in [4.78, 5) is 58.1. The van der Waals surface area contributed by atoms with E-state index >= 15 is 0 Å². The maximum Gasteiger partial charge on any atom is 0.305 e. The summed E-state index contributed by atoms with van der Waals surface area (Å²) in [6.07, 6.45) is 3.24. The summed E-state index contributed by atoms with van der Waals surface area (Å²) in [6, 6.07) is 6.05. The molecule has 224 valence electrons. The molecule has 0 aromatic carbocycles. The van der Waals surface area contributed by atoms with E-state index in [1.807, 2.05) is 32.1 Å². The Hall–Kier alpha value is -4.73. The van der Waals surface area contributed by atoms with Gasteiger partial charge in [-0.2, -0.15) is 0 Å². The summed E-state index contributed by atoms with van der Waals surface area (Å²) in [5.74, 6) is -1.49. The number of aryl methyl sites for hydroxylation is 2. The first-order valence-electron chi connectivity index (χ1n) is 15.0. The molecule has 2 N–H and O–H groups in total. The summed E-state index contributed by atoms with van der Waals surface area (Å²) in [5, 5.41) is 0. The molecule has 0 saturated carbocycles. The van der Waals surface area contributed by atoms with Crippen molar-refractivity contribution < 1.29 is 19.1 Å². The van der Waals surface area contributed by atoms with Crippen LogP contribution in [0, 0.1) is 13.8 Å². The molecule has 3 aliphatic heterocycles. The van der Waals surface area contributed by atoms with Crippen molar-refractivity contribution in [2.75, 3.05) is 7.11 Å². The number of nitrogens with zero attached hydrogens (tertiary/aromatic N) is 3. The summed E-state index contributed by atoms with van der Waals surface area (Å²) < 4.78 is 4.95. The van der Waals surface area contributed by atoms with Crippen LogP contribution in [-0.2, 0) is 9.53 Å². The van der Waals surface area contributed by atoms with Crippen LogP contribution in [0.4, 0.5) is 0 Å². The maximum atomic E-state index is 13.9. The first-order chi connectivity index (χ1) is 21.0. The lowest BCUT2D eigenvalue weighted by atomic mass is 9.84. The van der Waals surface area contributed by atoms with Crippen LogP contribution in [0.3, 0.4) is 0 Å². The largest absolute Gasteiger partial charge is 0.469 e. The van der Waals surface area contributed by atoms with E-state index in [1.165, 1.54) is 15.1 Å². The molecule has 2 atom stereocenters. The molecule has 0 saturated heterocycles. The van der Waals surface area contributed by atoms with E-state index in [0.717, 1.165) is 67.2 Å². The monoisotopic (exact) mass is 589 g/mol. The average molecular weight is 590 g/mol. The molecule has 0 radical (unpaired) electrons. The number of amides is 2. The van der Waals surface area contributed by atoms with Crippen molar-refractivity contribution in [1.29, 1.82) is 0 Å². The maximum absolute atomic E-state index is 13.9. The Balaban J connectivity index is 1.81. The minimum atomic E-state index is -0.424. The van der Waals surface area contributed by atoms with Gasteiger partial charge in [0, 0.05) is 46.1 Å². The number of H-pyrrole nitrogens is 2. The van der Waals surface area contributed by atoms with Crippen LogP contribution in [0.15, 0.2) is 24.8 Å². The highest BCUT2D eigenvalue weighted by Gasteiger charge is 2.39. The van der Waals surface area contributed by atoms with Crippen molar-refractivity contribution in [3.05, 3.63) is 75.4 Å². The van der Waals surface area contributed by atoms with Gasteiger partial charge in [-0.3, -0.25) is 19.4 Å². The Morgan fingerprint density at radius 2 is 1.70 bits per heavy atom. The molecule has 2 amide bonds. The third-order valence-electron chi connectivity index (χ3n) is 9.56. The standard InChI is InChI=1S/C34H36BN5O4/c1-8-19-15(3)22-12-24-17(5)21(10-11-28(41)44-7)31(38-24)30-32-29(33(42)40(35)34(30)43)18(6)25(39-32)14-27-20(9-2)16(4)23(37-27)13-26(19)36-22/h8,12-14,17,21,36,39H,1,9-11,35H2,2-7H3/t17-,21-/m0/s1. The van der Waals surface area contributed by atoms with E-state index in [0.29, 0.717) is 34.3 Å². The fourth-order valence-electron chi connectivity index (χ4n) is 6.85. The number of aromatic nitrogens is 4. The van der Waals surface area contributed by atoms with Crippen molar-refractivity contribution >= 4 is 65.1 Å². The number of carbonyl (C=O) groups excluding carboxylic acids is 3. The van der Waals surface area contributed by atoms with Crippen LogP contribution < -0.4 is 0 Å². The highest BCUT2D eigenvalue weighted by atomic mass is 16.5. The third kappa shape index (κ3) is 4.34. The lowest BCUT2D eigenvalue weighted by Gasteiger charge is -2.24. The molecular weight excluding hydrogens is 553 g/mol. The minimum absolute atomic E-state index is 0.116. The average Bonchev–Trinajstić information content (AvgIpc) is 3.68. The predicted octanol–water partition coefficient (Wildman–Crippen LogP) is 5.90. The van der Waals surface area contributed by atoms with E-state index in [1.54, 1.807) is 0 Å². The van der Waals surface area contributed by atoms with Crippen LogP contribution in [0.25, 0.3) is 39.3 Å². The van der Waals surface area contributed by atoms with Gasteiger partial charge in [-0.15, -0.1) is 0 Å². The Bertz CT molecular complexity index is 2000. The minimum Gasteiger partial charge on any atom is -0.469 e. The lowest BCUT2D eigenvalue weighted by molar-refractivity contribution is -0.140. The Morgan fingerprint density at radius 1 is 1.02 bits per heavy atom. The van der Waals surface area contributed by atoms with Gasteiger partial charge in [0.05, 0.1) is 40.8 Å². The van der Waals surface area contributed by atoms with E-state index < -0.39 is 5.91 Å². The molecule has 0 aliphatic carbocycles. The number of hydrogen-bond donors (Lipinski definition) is 2. The van der Waals surface area contributed by atoms with Crippen molar-refractivity contribution in [3.63, 3.8) is 0 Å². The highest BCUT2D eigenvalue weighted by molar-refractivity contribution is 6.36. The SMILES string of the molecule is BN1C(=O)c2c3nc(cc4[nH]c(cc5nc(cc6[nH]c2c(c6C)C1=O)C(CC)=C5C)c(C=C)c4C)[C@@H](C)[C@@H]3CCC(=O)OC. The van der Waals surface area contributed by atoms with Gasteiger partial charge < -0.3 is 19.5 Å². The smallest absolute Gasteiger partial charge is 0.305 e.